The van der Waals surface area contributed by atoms with Gasteiger partial charge in [-0.2, -0.15) is 0 Å². The highest BCUT2D eigenvalue weighted by Gasteiger charge is 2.20. The van der Waals surface area contributed by atoms with Gasteiger partial charge in [-0.3, -0.25) is 9.13 Å². The van der Waals surface area contributed by atoms with Gasteiger partial charge in [0, 0.05) is 66.4 Å². The molecule has 362 valence electrons. The third kappa shape index (κ3) is 6.44. The molecule has 0 amide bonds. The molecule has 11 aromatic carbocycles. The fraction of sp³-hybridized carbons (Fsp3) is 0. The minimum absolute atomic E-state index is 0.873. The Morgan fingerprint density at radius 1 is 0.269 bits per heavy atom. The number of pyridine rings is 2. The Kier molecular flexibility index (Phi) is 9.03. The average Bonchev–Trinajstić information content (AvgIpc) is 4.47. The predicted octanol–water partition coefficient (Wildman–Crippen LogP) is 19.4. The molecule has 17 rings (SSSR count). The summed E-state index contributed by atoms with van der Waals surface area (Å²) in [5.74, 6) is 1.76. The SMILES string of the molecule is c1ccc(-n2c3ccc(-c4ccc5oc6ccccc6c5c4)cc3c3c4cc(-c5ccc(-c6ccc(-n7c8ccc(-c9ccc%10oc%11ccccc%11c%10c9)cc8c8ccc9ccccc9c87)nc6)cc5)ccc4ccc32)nc1. The van der Waals surface area contributed by atoms with Crippen molar-refractivity contribution in [3.63, 3.8) is 0 Å². The molecular weight excluding hydrogens is 953 g/mol. The zero-order valence-electron chi connectivity index (χ0n) is 41.9. The molecule has 78 heavy (non-hydrogen) atoms. The smallest absolute Gasteiger partial charge is 0.137 e. The molecule has 0 radical (unpaired) electrons. The van der Waals surface area contributed by atoms with Gasteiger partial charge in [0.25, 0.3) is 0 Å². The van der Waals surface area contributed by atoms with Gasteiger partial charge in [0.15, 0.2) is 0 Å². The van der Waals surface area contributed by atoms with E-state index in [-0.39, 0.29) is 0 Å². The van der Waals surface area contributed by atoms with Gasteiger partial charge in [0.05, 0.1) is 22.1 Å². The van der Waals surface area contributed by atoms with E-state index in [9.17, 15) is 0 Å². The molecule has 0 aliphatic heterocycles. The number of hydrogen-bond donors (Lipinski definition) is 0. The minimum atomic E-state index is 0.873. The molecule has 0 bridgehead atoms. The summed E-state index contributed by atoms with van der Waals surface area (Å²) in [6, 6.07) is 87.1. The Morgan fingerprint density at radius 3 is 1.42 bits per heavy atom. The predicted molar refractivity (Wildman–Crippen MR) is 322 cm³/mol. The van der Waals surface area contributed by atoms with Gasteiger partial charge < -0.3 is 8.83 Å². The highest BCUT2D eigenvalue weighted by atomic mass is 16.3. The van der Waals surface area contributed by atoms with E-state index >= 15 is 0 Å². The van der Waals surface area contributed by atoms with Crippen molar-refractivity contribution in [2.45, 2.75) is 0 Å². The Bertz CT molecular complexity index is 5310. The van der Waals surface area contributed by atoms with Gasteiger partial charge >= 0.3 is 0 Å². The molecule has 0 aliphatic rings. The minimum Gasteiger partial charge on any atom is -0.456 e. The first kappa shape index (κ1) is 42.8. The summed E-state index contributed by atoms with van der Waals surface area (Å²) in [6.07, 6.45) is 3.88. The lowest BCUT2D eigenvalue weighted by molar-refractivity contribution is 0.668. The van der Waals surface area contributed by atoms with E-state index in [0.29, 0.717) is 0 Å². The number of fused-ring (bicyclic) bond motifs is 16. The second kappa shape index (κ2) is 16.5. The number of hydrogen-bond acceptors (Lipinski definition) is 4. The molecule has 0 spiro atoms. The number of furan rings is 2. The molecule has 6 aromatic heterocycles. The van der Waals surface area contributed by atoms with E-state index in [2.05, 4.69) is 221 Å². The maximum absolute atomic E-state index is 6.21. The number of nitrogens with zero attached hydrogens (tertiary/aromatic N) is 4. The average molecular weight is 995 g/mol. The number of para-hydroxylation sites is 2. The van der Waals surface area contributed by atoms with Crippen molar-refractivity contribution in [1.82, 2.24) is 19.1 Å². The third-order valence-corrected chi connectivity index (χ3v) is 16.2. The van der Waals surface area contributed by atoms with E-state index in [1.807, 2.05) is 42.7 Å². The molecular formula is C72H42N4O2. The molecule has 6 heteroatoms. The van der Waals surface area contributed by atoms with Crippen LogP contribution in [-0.4, -0.2) is 19.1 Å². The summed E-state index contributed by atoms with van der Waals surface area (Å²) in [7, 11) is 0. The van der Waals surface area contributed by atoms with Gasteiger partial charge in [-0.15, -0.1) is 0 Å². The second-order valence-corrected chi connectivity index (χ2v) is 20.5. The van der Waals surface area contributed by atoms with Crippen LogP contribution in [0.5, 0.6) is 0 Å². The Labute approximate surface area is 445 Å². The highest BCUT2D eigenvalue weighted by Crippen LogP contribution is 2.43. The van der Waals surface area contributed by atoms with Crippen molar-refractivity contribution in [3.05, 3.63) is 255 Å². The first-order chi connectivity index (χ1) is 38.6. The number of rotatable bonds is 6. The normalized spacial score (nSPS) is 12.1. The van der Waals surface area contributed by atoms with Crippen LogP contribution in [0.3, 0.4) is 0 Å². The zero-order valence-corrected chi connectivity index (χ0v) is 41.9. The second-order valence-electron chi connectivity index (χ2n) is 20.5. The maximum atomic E-state index is 6.21. The van der Waals surface area contributed by atoms with Crippen molar-refractivity contribution in [2.75, 3.05) is 0 Å². The van der Waals surface area contributed by atoms with E-state index in [0.717, 1.165) is 122 Å². The monoisotopic (exact) mass is 994 g/mol. The van der Waals surface area contributed by atoms with Gasteiger partial charge in [-0.1, -0.05) is 146 Å². The molecule has 0 unspecified atom stereocenters. The standard InChI is InChI=1S/C72H42N4O2/c1-2-10-53-45(9-1)22-29-56-58-38-48(50-26-33-67-59(39-50)54-11-3-5-13-65(54)77-67)24-30-62(58)76(72(53)56)70-35-28-52(42-74-70)44-18-16-43(17-19-44)47-21-20-46-23-32-64-71(57(46)37-47)61-41-49(25-31-63(61)75(64)69-15-7-8-36-73-69)51-27-34-68-60(40-51)55-12-4-6-14-66(55)78-68/h1-42H. The molecule has 17 aromatic rings. The fourth-order valence-electron chi connectivity index (χ4n) is 12.5. The zero-order chi connectivity index (χ0) is 51.0. The first-order valence-electron chi connectivity index (χ1n) is 26.4. The summed E-state index contributed by atoms with van der Waals surface area (Å²) in [5, 5.41) is 14.0. The van der Waals surface area contributed by atoms with Gasteiger partial charge in [-0.05, 0) is 152 Å². The number of benzene rings is 11. The molecule has 0 atom stereocenters. The summed E-state index contributed by atoms with van der Waals surface area (Å²) < 4.78 is 17.0. The van der Waals surface area contributed by atoms with Crippen LogP contribution in [0, 0.1) is 0 Å². The third-order valence-electron chi connectivity index (χ3n) is 16.2. The van der Waals surface area contributed by atoms with Gasteiger partial charge in [0.1, 0.15) is 34.0 Å². The van der Waals surface area contributed by atoms with E-state index in [4.69, 9.17) is 18.8 Å². The molecule has 6 nitrogen and oxygen atoms in total. The van der Waals surface area contributed by atoms with Crippen molar-refractivity contribution >= 4 is 109 Å². The first-order valence-corrected chi connectivity index (χ1v) is 26.4. The fourth-order valence-corrected chi connectivity index (χ4v) is 12.5. The van der Waals surface area contributed by atoms with E-state index in [1.54, 1.807) is 0 Å². The van der Waals surface area contributed by atoms with Gasteiger partial charge in [-0.25, -0.2) is 9.97 Å². The summed E-state index contributed by atoms with van der Waals surface area (Å²) in [6.45, 7) is 0. The largest absolute Gasteiger partial charge is 0.456 e. The van der Waals surface area contributed by atoms with Crippen molar-refractivity contribution in [3.8, 4) is 56.1 Å². The molecule has 0 saturated heterocycles. The molecule has 0 saturated carbocycles. The molecule has 0 N–H and O–H groups in total. The number of aromatic nitrogens is 4. The topological polar surface area (TPSA) is 61.9 Å². The van der Waals surface area contributed by atoms with Crippen LogP contribution >= 0.6 is 0 Å². The maximum Gasteiger partial charge on any atom is 0.137 e. The molecule has 0 aliphatic carbocycles. The van der Waals surface area contributed by atoms with Crippen molar-refractivity contribution in [2.24, 2.45) is 0 Å². The van der Waals surface area contributed by atoms with Crippen LogP contribution in [0.4, 0.5) is 0 Å². The Hall–Kier alpha value is -10.6. The van der Waals surface area contributed by atoms with Crippen LogP contribution in [0.25, 0.3) is 165 Å². The van der Waals surface area contributed by atoms with E-state index < -0.39 is 0 Å². The van der Waals surface area contributed by atoms with Crippen LogP contribution in [-0.2, 0) is 0 Å². The Morgan fingerprint density at radius 2 is 0.744 bits per heavy atom. The van der Waals surface area contributed by atoms with Crippen LogP contribution < -0.4 is 0 Å². The van der Waals surface area contributed by atoms with Gasteiger partial charge in [0.2, 0.25) is 0 Å². The van der Waals surface area contributed by atoms with E-state index in [1.165, 1.54) is 43.1 Å². The summed E-state index contributed by atoms with van der Waals surface area (Å²) >= 11 is 0. The van der Waals surface area contributed by atoms with Crippen LogP contribution in [0.2, 0.25) is 0 Å². The quantitative estimate of drug-likeness (QED) is 0.167. The molecule has 0 fully saturated rings. The van der Waals surface area contributed by atoms with Crippen LogP contribution in [0.15, 0.2) is 264 Å². The lowest BCUT2D eigenvalue weighted by atomic mass is 9.96. The summed E-state index contributed by atoms with van der Waals surface area (Å²) in [5.41, 5.74) is 17.1. The highest BCUT2D eigenvalue weighted by molar-refractivity contribution is 6.23. The van der Waals surface area contributed by atoms with Crippen molar-refractivity contribution < 1.29 is 8.83 Å². The summed E-state index contributed by atoms with van der Waals surface area (Å²) in [4.78, 5) is 10.1. The Balaban J connectivity index is 0.742. The van der Waals surface area contributed by atoms with Crippen LogP contribution in [0.1, 0.15) is 0 Å². The van der Waals surface area contributed by atoms with Crippen molar-refractivity contribution in [1.29, 1.82) is 0 Å². The lowest BCUT2D eigenvalue weighted by Crippen LogP contribution is -1.98. The molecule has 6 heterocycles. The lowest BCUT2D eigenvalue weighted by Gasteiger charge is -2.11.